The van der Waals surface area contributed by atoms with Gasteiger partial charge in [0.25, 0.3) is 5.69 Å². The summed E-state index contributed by atoms with van der Waals surface area (Å²) in [5.41, 5.74) is 1.58. The molecule has 1 heterocycles. The van der Waals surface area contributed by atoms with Gasteiger partial charge < -0.3 is 4.74 Å². The van der Waals surface area contributed by atoms with Gasteiger partial charge in [0, 0.05) is 34.9 Å². The highest BCUT2D eigenvalue weighted by Crippen LogP contribution is 2.26. The highest BCUT2D eigenvalue weighted by molar-refractivity contribution is 7.99. The fraction of sp³-hybridized carbons (Fsp3) is 0.250. The number of carbonyl (C=O) groups excluding carboxylic acids is 1. The molecule has 0 aliphatic carbocycles. The normalized spacial score (nSPS) is 10.9. The Bertz CT molecular complexity index is 1070. The van der Waals surface area contributed by atoms with E-state index >= 15 is 0 Å². The van der Waals surface area contributed by atoms with Crippen molar-refractivity contribution < 1.29 is 14.5 Å². The number of methoxy groups -OCH3 is 1. The van der Waals surface area contributed by atoms with Gasteiger partial charge in [0.2, 0.25) is 0 Å². The lowest BCUT2D eigenvalue weighted by Gasteiger charge is -2.10. The van der Waals surface area contributed by atoms with Crippen LogP contribution in [0, 0.1) is 17.0 Å². The number of aromatic nitrogens is 3. The zero-order valence-corrected chi connectivity index (χ0v) is 17.9. The van der Waals surface area contributed by atoms with Crippen LogP contribution in [-0.4, -0.2) is 44.9 Å². The molecule has 0 aliphatic rings. The van der Waals surface area contributed by atoms with E-state index in [0.717, 1.165) is 5.56 Å². The van der Waals surface area contributed by atoms with Crippen LogP contribution in [0.15, 0.2) is 47.6 Å². The standard InChI is InChI=1S/C20H19ClN4O4S/c1-13-3-4-15(11-17(13)25(27)28)18(26)12-30-20-23-22-19(24(20)9-10-29-2)14-5-7-16(21)8-6-14/h3-8,11H,9-10,12H2,1-2H3. The number of ketones is 1. The number of halogens is 1. The average molecular weight is 447 g/mol. The summed E-state index contributed by atoms with van der Waals surface area (Å²) in [6.07, 6.45) is 0. The summed E-state index contributed by atoms with van der Waals surface area (Å²) in [5.74, 6) is 0.494. The van der Waals surface area contributed by atoms with Crippen LogP contribution in [0.25, 0.3) is 11.4 Å². The summed E-state index contributed by atoms with van der Waals surface area (Å²) in [6.45, 7) is 2.59. The van der Waals surface area contributed by atoms with Gasteiger partial charge in [-0.25, -0.2) is 0 Å². The van der Waals surface area contributed by atoms with Gasteiger partial charge >= 0.3 is 0 Å². The SMILES string of the molecule is COCCn1c(SCC(=O)c2ccc(C)c([N+](=O)[O-])c2)nnc1-c1ccc(Cl)cc1. The second-order valence-electron chi connectivity index (χ2n) is 6.43. The van der Waals surface area contributed by atoms with Crippen molar-refractivity contribution in [3.8, 4) is 11.4 Å². The van der Waals surface area contributed by atoms with Gasteiger partial charge in [0.15, 0.2) is 16.8 Å². The van der Waals surface area contributed by atoms with Crippen molar-refractivity contribution in [2.24, 2.45) is 0 Å². The Hall–Kier alpha value is -2.75. The van der Waals surface area contributed by atoms with E-state index in [1.807, 2.05) is 16.7 Å². The fourth-order valence-electron chi connectivity index (χ4n) is 2.79. The second-order valence-corrected chi connectivity index (χ2v) is 7.81. The molecule has 30 heavy (non-hydrogen) atoms. The first-order valence-corrected chi connectivity index (χ1v) is 10.4. The molecule has 156 valence electrons. The number of carbonyl (C=O) groups is 1. The highest BCUT2D eigenvalue weighted by Gasteiger charge is 2.18. The molecule has 0 radical (unpaired) electrons. The Morgan fingerprint density at radius 1 is 1.23 bits per heavy atom. The molecule has 0 amide bonds. The van der Waals surface area contributed by atoms with E-state index in [1.165, 1.54) is 17.8 Å². The van der Waals surface area contributed by atoms with Crippen LogP contribution in [0.2, 0.25) is 5.02 Å². The van der Waals surface area contributed by atoms with Crippen LogP contribution >= 0.6 is 23.4 Å². The highest BCUT2D eigenvalue weighted by atomic mass is 35.5. The Morgan fingerprint density at radius 2 is 1.97 bits per heavy atom. The van der Waals surface area contributed by atoms with Gasteiger partial charge in [-0.05, 0) is 31.2 Å². The van der Waals surface area contributed by atoms with Crippen molar-refractivity contribution in [2.45, 2.75) is 18.6 Å². The van der Waals surface area contributed by atoms with Crippen LogP contribution in [0.1, 0.15) is 15.9 Å². The number of thioether (sulfide) groups is 1. The molecule has 0 saturated heterocycles. The minimum absolute atomic E-state index is 0.0702. The molecule has 0 aliphatic heterocycles. The summed E-state index contributed by atoms with van der Waals surface area (Å²) in [5, 5.41) is 20.8. The number of nitro groups is 1. The van der Waals surface area contributed by atoms with Crippen LogP contribution in [0.5, 0.6) is 0 Å². The Labute approximate surface area is 182 Å². The van der Waals surface area contributed by atoms with E-state index in [4.69, 9.17) is 16.3 Å². The van der Waals surface area contributed by atoms with Crippen LogP contribution in [0.4, 0.5) is 5.69 Å². The number of hydrogen-bond donors (Lipinski definition) is 0. The van der Waals surface area contributed by atoms with E-state index in [-0.39, 0.29) is 17.2 Å². The quantitative estimate of drug-likeness (QED) is 0.207. The van der Waals surface area contributed by atoms with Crippen LogP contribution in [-0.2, 0) is 11.3 Å². The van der Waals surface area contributed by atoms with Crippen molar-refractivity contribution in [3.05, 3.63) is 68.7 Å². The van der Waals surface area contributed by atoms with E-state index in [1.54, 1.807) is 38.3 Å². The molecule has 0 bridgehead atoms. The number of ether oxygens (including phenoxy) is 1. The number of rotatable bonds is 9. The molecule has 0 N–H and O–H groups in total. The maximum absolute atomic E-state index is 12.6. The zero-order valence-electron chi connectivity index (χ0n) is 16.4. The van der Waals surface area contributed by atoms with Crippen molar-refractivity contribution in [3.63, 3.8) is 0 Å². The minimum atomic E-state index is -0.487. The molecule has 8 nitrogen and oxygen atoms in total. The molecule has 3 rings (SSSR count). The number of aryl methyl sites for hydroxylation is 1. The molecule has 0 unspecified atom stereocenters. The van der Waals surface area contributed by atoms with E-state index in [2.05, 4.69) is 10.2 Å². The molecule has 0 saturated carbocycles. The van der Waals surface area contributed by atoms with E-state index < -0.39 is 4.92 Å². The molecule has 0 atom stereocenters. The monoisotopic (exact) mass is 446 g/mol. The molecule has 0 fully saturated rings. The lowest BCUT2D eigenvalue weighted by molar-refractivity contribution is -0.385. The predicted molar refractivity (Wildman–Crippen MR) is 115 cm³/mol. The maximum atomic E-state index is 12.6. The van der Waals surface area contributed by atoms with E-state index in [0.29, 0.717) is 40.3 Å². The summed E-state index contributed by atoms with van der Waals surface area (Å²) in [6, 6.07) is 11.7. The van der Waals surface area contributed by atoms with Gasteiger partial charge in [0.05, 0.1) is 23.8 Å². The summed E-state index contributed by atoms with van der Waals surface area (Å²) in [4.78, 5) is 23.2. The first-order chi connectivity index (χ1) is 14.4. The Balaban J connectivity index is 1.81. The smallest absolute Gasteiger partial charge is 0.273 e. The number of nitro benzene ring substituents is 1. The Morgan fingerprint density at radius 3 is 2.63 bits per heavy atom. The molecule has 10 heteroatoms. The second kappa shape index (κ2) is 9.84. The largest absolute Gasteiger partial charge is 0.383 e. The summed E-state index contributed by atoms with van der Waals surface area (Å²) < 4.78 is 7.06. The zero-order chi connectivity index (χ0) is 21.7. The lowest BCUT2D eigenvalue weighted by Crippen LogP contribution is -2.09. The summed E-state index contributed by atoms with van der Waals surface area (Å²) in [7, 11) is 1.60. The fourth-order valence-corrected chi connectivity index (χ4v) is 3.77. The topological polar surface area (TPSA) is 100 Å². The van der Waals surface area contributed by atoms with Gasteiger partial charge in [-0.1, -0.05) is 35.5 Å². The van der Waals surface area contributed by atoms with Gasteiger partial charge in [-0.15, -0.1) is 10.2 Å². The van der Waals surface area contributed by atoms with E-state index in [9.17, 15) is 14.9 Å². The van der Waals surface area contributed by atoms with Crippen LogP contribution in [0.3, 0.4) is 0 Å². The third kappa shape index (κ3) is 5.05. The van der Waals surface area contributed by atoms with Crippen molar-refractivity contribution in [1.29, 1.82) is 0 Å². The minimum Gasteiger partial charge on any atom is -0.383 e. The van der Waals surface area contributed by atoms with Crippen molar-refractivity contribution >= 4 is 34.8 Å². The maximum Gasteiger partial charge on any atom is 0.273 e. The molecule has 1 aromatic heterocycles. The third-order valence-corrected chi connectivity index (χ3v) is 5.62. The number of nitrogens with zero attached hydrogens (tertiary/aromatic N) is 4. The molecular weight excluding hydrogens is 428 g/mol. The van der Waals surface area contributed by atoms with Gasteiger partial charge in [-0.2, -0.15) is 0 Å². The first kappa shape index (κ1) is 21.9. The number of hydrogen-bond acceptors (Lipinski definition) is 7. The molecule has 3 aromatic rings. The lowest BCUT2D eigenvalue weighted by atomic mass is 10.1. The van der Waals surface area contributed by atoms with Crippen molar-refractivity contribution in [2.75, 3.05) is 19.5 Å². The molecular formula is C20H19ClN4O4S. The van der Waals surface area contributed by atoms with Crippen LogP contribution < -0.4 is 0 Å². The Kier molecular flexibility index (Phi) is 7.20. The van der Waals surface area contributed by atoms with Gasteiger partial charge in [0.1, 0.15) is 0 Å². The number of Topliss-reactive ketones (excluding diaryl/α,β-unsaturated/α-hetero) is 1. The third-order valence-electron chi connectivity index (χ3n) is 4.40. The predicted octanol–water partition coefficient (Wildman–Crippen LogP) is 4.44. The molecule has 2 aromatic carbocycles. The van der Waals surface area contributed by atoms with Crippen molar-refractivity contribution in [1.82, 2.24) is 14.8 Å². The first-order valence-electron chi connectivity index (χ1n) is 9.00. The van der Waals surface area contributed by atoms with Gasteiger partial charge in [-0.3, -0.25) is 19.5 Å². The molecule has 0 spiro atoms. The average Bonchev–Trinajstić information content (AvgIpc) is 3.13. The summed E-state index contributed by atoms with van der Waals surface area (Å²) >= 11 is 7.19. The number of benzene rings is 2.